The number of hydrogen-bond donors (Lipinski definition) is 4. The minimum Gasteiger partial charge on any atom is -0.483 e. The second kappa shape index (κ2) is 13.6. The molecule has 12 heteroatoms. The normalized spacial score (nSPS) is 15.9. The molecule has 0 aliphatic carbocycles. The third kappa shape index (κ3) is 8.75. The van der Waals surface area contributed by atoms with Gasteiger partial charge in [0.1, 0.15) is 24.9 Å². The van der Waals surface area contributed by atoms with Crippen LogP contribution in [-0.4, -0.2) is 47.0 Å². The Labute approximate surface area is 243 Å². The number of benzene rings is 2. The number of pyridine rings is 1. The average Bonchev–Trinajstić information content (AvgIpc) is 2.96. The summed E-state index contributed by atoms with van der Waals surface area (Å²) < 4.78 is 12.4. The second-order valence-electron chi connectivity index (χ2n) is 10.7. The van der Waals surface area contributed by atoms with E-state index in [1.165, 1.54) is 17.0 Å². The second-order valence-corrected chi connectivity index (χ2v) is 10.7. The molecule has 2 aromatic carbocycles. The Morgan fingerprint density at radius 1 is 0.929 bits per heavy atom. The first-order chi connectivity index (χ1) is 20.1. The summed E-state index contributed by atoms with van der Waals surface area (Å²) in [5.74, 6) is -0.272. The number of nitrogens with zero attached hydrogens (tertiary/aromatic N) is 1. The van der Waals surface area contributed by atoms with Crippen LogP contribution in [-0.2, 0) is 29.3 Å². The van der Waals surface area contributed by atoms with E-state index in [0.717, 1.165) is 11.1 Å². The van der Waals surface area contributed by atoms with Gasteiger partial charge in [0.2, 0.25) is 11.3 Å². The van der Waals surface area contributed by atoms with Gasteiger partial charge in [0, 0.05) is 12.6 Å². The van der Waals surface area contributed by atoms with Crippen molar-refractivity contribution in [3.63, 3.8) is 0 Å². The van der Waals surface area contributed by atoms with Crippen molar-refractivity contribution in [3.8, 4) is 5.75 Å². The van der Waals surface area contributed by atoms with Gasteiger partial charge in [-0.25, -0.2) is 9.59 Å². The number of nitrogens with one attached hydrogen (secondary N) is 4. The van der Waals surface area contributed by atoms with Gasteiger partial charge in [-0.3, -0.25) is 9.59 Å². The first-order valence-electron chi connectivity index (χ1n) is 13.5. The SMILES string of the molecule is CC(C)(C)OC(=O)NC1C(=O)NC1CNC(=O)NCc1cc(=O)c(OCc2ccccc2)cn1OCc1ccccc1. The quantitative estimate of drug-likeness (QED) is 0.256. The molecule has 2 heterocycles. The molecule has 4 rings (SSSR count). The van der Waals surface area contributed by atoms with Crippen molar-refractivity contribution in [3.05, 3.63) is 100.0 Å². The van der Waals surface area contributed by atoms with E-state index in [1.54, 1.807) is 20.8 Å². The van der Waals surface area contributed by atoms with Gasteiger partial charge in [-0.05, 0) is 31.9 Å². The highest BCUT2D eigenvalue weighted by molar-refractivity contribution is 5.92. The summed E-state index contributed by atoms with van der Waals surface area (Å²) in [4.78, 5) is 55.3. The number of alkyl carbamates (subject to hydrolysis) is 1. The number of aromatic nitrogens is 1. The van der Waals surface area contributed by atoms with Crippen LogP contribution in [0, 0.1) is 0 Å². The molecule has 2 atom stereocenters. The van der Waals surface area contributed by atoms with Crippen LogP contribution in [0.3, 0.4) is 0 Å². The third-order valence-corrected chi connectivity index (χ3v) is 6.11. The molecule has 1 aromatic heterocycles. The number of carbonyl (C=O) groups excluding carboxylic acids is 3. The van der Waals surface area contributed by atoms with Gasteiger partial charge in [-0.2, -0.15) is 4.73 Å². The van der Waals surface area contributed by atoms with Crippen molar-refractivity contribution < 1.29 is 28.7 Å². The van der Waals surface area contributed by atoms with E-state index < -0.39 is 29.8 Å². The van der Waals surface area contributed by atoms with Crippen molar-refractivity contribution in [2.45, 2.75) is 58.2 Å². The fraction of sp³-hybridized carbons (Fsp3) is 0.333. The molecule has 42 heavy (non-hydrogen) atoms. The molecule has 2 unspecified atom stereocenters. The summed E-state index contributed by atoms with van der Waals surface area (Å²) >= 11 is 0. The highest BCUT2D eigenvalue weighted by Crippen LogP contribution is 2.12. The molecule has 1 fully saturated rings. The Kier molecular flexibility index (Phi) is 9.69. The molecule has 0 saturated carbocycles. The molecule has 1 aliphatic rings. The van der Waals surface area contributed by atoms with Crippen LogP contribution in [0.2, 0.25) is 0 Å². The van der Waals surface area contributed by atoms with Crippen molar-refractivity contribution >= 4 is 18.0 Å². The van der Waals surface area contributed by atoms with E-state index in [9.17, 15) is 19.2 Å². The monoisotopic (exact) mass is 577 g/mol. The first kappa shape index (κ1) is 30.0. The number of β-lactam (4-membered cyclic amide) rings is 1. The van der Waals surface area contributed by atoms with Crippen LogP contribution in [0.5, 0.6) is 5.75 Å². The lowest BCUT2D eigenvalue weighted by molar-refractivity contribution is -0.131. The molecule has 222 valence electrons. The van der Waals surface area contributed by atoms with Crippen LogP contribution in [0.1, 0.15) is 37.6 Å². The number of amides is 4. The topological polar surface area (TPSA) is 149 Å². The largest absolute Gasteiger partial charge is 0.483 e. The molecule has 1 aliphatic heterocycles. The predicted molar refractivity (Wildman–Crippen MR) is 154 cm³/mol. The van der Waals surface area contributed by atoms with Crippen molar-refractivity contribution in [1.29, 1.82) is 0 Å². The Bertz CT molecular complexity index is 1440. The highest BCUT2D eigenvalue weighted by atomic mass is 16.7. The predicted octanol–water partition coefficient (Wildman–Crippen LogP) is 2.25. The maximum atomic E-state index is 12.8. The van der Waals surface area contributed by atoms with Crippen LogP contribution < -0.4 is 36.3 Å². The zero-order chi connectivity index (χ0) is 30.1. The highest BCUT2D eigenvalue weighted by Gasteiger charge is 2.41. The zero-order valence-corrected chi connectivity index (χ0v) is 23.7. The molecule has 4 N–H and O–H groups in total. The molecule has 0 radical (unpaired) electrons. The Morgan fingerprint density at radius 3 is 2.19 bits per heavy atom. The number of carbonyl (C=O) groups is 3. The molecule has 3 aromatic rings. The summed E-state index contributed by atoms with van der Waals surface area (Å²) in [5.41, 5.74) is 1.13. The van der Waals surface area contributed by atoms with Crippen LogP contribution in [0.15, 0.2) is 77.7 Å². The first-order valence-corrected chi connectivity index (χ1v) is 13.5. The lowest BCUT2D eigenvalue weighted by atomic mass is 9.99. The van der Waals surface area contributed by atoms with Gasteiger partial charge in [-0.15, -0.1) is 0 Å². The molecule has 4 amide bonds. The van der Waals surface area contributed by atoms with Gasteiger partial charge in [0.25, 0.3) is 0 Å². The average molecular weight is 578 g/mol. The molecule has 1 saturated heterocycles. The Balaban J connectivity index is 1.35. The number of ether oxygens (including phenoxy) is 2. The van der Waals surface area contributed by atoms with Crippen molar-refractivity contribution in [1.82, 2.24) is 26.0 Å². The number of rotatable bonds is 11. The van der Waals surface area contributed by atoms with Crippen LogP contribution in [0.25, 0.3) is 0 Å². The van der Waals surface area contributed by atoms with Crippen molar-refractivity contribution in [2.75, 3.05) is 6.54 Å². The van der Waals surface area contributed by atoms with Gasteiger partial charge < -0.3 is 35.6 Å². The summed E-state index contributed by atoms with van der Waals surface area (Å²) in [6.45, 7) is 5.59. The lowest BCUT2D eigenvalue weighted by Gasteiger charge is -2.37. The van der Waals surface area contributed by atoms with E-state index in [-0.39, 0.29) is 43.4 Å². The fourth-order valence-electron chi connectivity index (χ4n) is 4.00. The summed E-state index contributed by atoms with van der Waals surface area (Å²) in [7, 11) is 0. The molecule has 0 bridgehead atoms. The summed E-state index contributed by atoms with van der Waals surface area (Å²) in [6.07, 6.45) is 0.737. The Hall–Kier alpha value is -5.00. The molecule has 0 spiro atoms. The molecular weight excluding hydrogens is 542 g/mol. The van der Waals surface area contributed by atoms with E-state index >= 15 is 0 Å². The summed E-state index contributed by atoms with van der Waals surface area (Å²) in [6, 6.07) is 18.4. The van der Waals surface area contributed by atoms with Crippen LogP contribution >= 0.6 is 0 Å². The van der Waals surface area contributed by atoms with Gasteiger partial charge in [0.15, 0.2) is 5.75 Å². The summed E-state index contributed by atoms with van der Waals surface area (Å²) in [5, 5.41) is 10.5. The fourth-order valence-corrected chi connectivity index (χ4v) is 4.00. The molecule has 12 nitrogen and oxygen atoms in total. The molecular formula is C30H35N5O7. The van der Waals surface area contributed by atoms with Gasteiger partial charge in [0.05, 0.1) is 24.5 Å². The standard InChI is InChI=1S/C30H35N5O7/c1-30(2,3)42-29(39)34-26-23(33-27(26)37)16-32-28(38)31-15-22-14-24(36)25(40-18-20-10-6-4-7-11-20)17-35(22)41-19-21-12-8-5-9-13-21/h4-14,17,23,26H,15-16,18-19H2,1-3H3,(H,33,37)(H,34,39)(H2,31,32,38). The van der Waals surface area contributed by atoms with Crippen LogP contribution in [0.4, 0.5) is 9.59 Å². The van der Waals surface area contributed by atoms with Gasteiger partial charge >= 0.3 is 12.1 Å². The lowest BCUT2D eigenvalue weighted by Crippen LogP contribution is -2.72. The number of hydrogen-bond acceptors (Lipinski definition) is 7. The Morgan fingerprint density at radius 2 is 1.57 bits per heavy atom. The third-order valence-electron chi connectivity index (χ3n) is 6.11. The smallest absolute Gasteiger partial charge is 0.408 e. The number of urea groups is 1. The maximum Gasteiger partial charge on any atom is 0.408 e. The maximum absolute atomic E-state index is 12.8. The van der Waals surface area contributed by atoms with E-state index in [1.807, 2.05) is 60.7 Å². The van der Waals surface area contributed by atoms with Crippen molar-refractivity contribution in [2.24, 2.45) is 0 Å². The van der Waals surface area contributed by atoms with E-state index in [4.69, 9.17) is 14.3 Å². The van der Waals surface area contributed by atoms with E-state index in [2.05, 4.69) is 21.3 Å². The minimum atomic E-state index is -0.833. The van der Waals surface area contributed by atoms with Gasteiger partial charge in [-0.1, -0.05) is 60.7 Å². The van der Waals surface area contributed by atoms with E-state index in [0.29, 0.717) is 5.69 Å². The minimum absolute atomic E-state index is 0.0363. The zero-order valence-electron chi connectivity index (χ0n) is 23.7.